The fourth-order valence-corrected chi connectivity index (χ4v) is 3.68. The van der Waals surface area contributed by atoms with Crippen molar-refractivity contribution in [2.24, 2.45) is 0 Å². The lowest BCUT2D eigenvalue weighted by molar-refractivity contribution is -0.160. The van der Waals surface area contributed by atoms with Crippen molar-refractivity contribution < 1.29 is 27.5 Å². The van der Waals surface area contributed by atoms with Crippen LogP contribution in [0.5, 0.6) is 0 Å². The Morgan fingerprint density at radius 3 is 2.88 bits per heavy atom. The average molecular weight is 364 g/mol. The summed E-state index contributed by atoms with van der Waals surface area (Å²) in [5.41, 5.74) is 1.17. The minimum atomic E-state index is -4.56. The van der Waals surface area contributed by atoms with Gasteiger partial charge in [0, 0.05) is 24.4 Å². The summed E-state index contributed by atoms with van der Waals surface area (Å²) in [7, 11) is 0. The second-order valence-corrected chi connectivity index (χ2v) is 6.43. The smallest absolute Gasteiger partial charge is 0.422 e. The van der Waals surface area contributed by atoms with Gasteiger partial charge in [-0.1, -0.05) is 6.92 Å². The number of halogens is 3. The van der Waals surface area contributed by atoms with Crippen LogP contribution in [0.15, 0.2) is 11.4 Å². The first-order valence-corrected chi connectivity index (χ1v) is 8.53. The lowest BCUT2D eigenvalue weighted by Gasteiger charge is -2.35. The van der Waals surface area contributed by atoms with E-state index in [1.54, 1.807) is 16.2 Å². The van der Waals surface area contributed by atoms with Crippen LogP contribution in [0.2, 0.25) is 0 Å². The van der Waals surface area contributed by atoms with E-state index in [4.69, 9.17) is 0 Å². The number of hydrogen-bond acceptors (Lipinski definition) is 4. The van der Waals surface area contributed by atoms with Crippen LogP contribution in [0.25, 0.3) is 0 Å². The molecular formula is C15H19F3N2O3S. The van der Waals surface area contributed by atoms with Crippen molar-refractivity contribution in [3.63, 3.8) is 0 Å². The van der Waals surface area contributed by atoms with Gasteiger partial charge in [-0.25, -0.2) is 4.79 Å². The summed E-state index contributed by atoms with van der Waals surface area (Å²) in [5.74, 6) is -0.130. The van der Waals surface area contributed by atoms with E-state index in [1.807, 2.05) is 18.4 Å². The minimum Gasteiger partial charge on any atom is -0.440 e. The predicted octanol–water partition coefficient (Wildman–Crippen LogP) is 3.26. The molecule has 1 aromatic heterocycles. The maximum Gasteiger partial charge on any atom is 0.422 e. The van der Waals surface area contributed by atoms with Crippen LogP contribution < -0.4 is 5.32 Å². The lowest BCUT2D eigenvalue weighted by atomic mass is 9.97. The molecule has 1 N–H and O–H groups in total. The monoisotopic (exact) mass is 364 g/mol. The van der Waals surface area contributed by atoms with Crippen LogP contribution in [0.1, 0.15) is 36.2 Å². The van der Waals surface area contributed by atoms with Crippen LogP contribution in [0, 0.1) is 0 Å². The van der Waals surface area contributed by atoms with Gasteiger partial charge in [-0.3, -0.25) is 4.79 Å². The van der Waals surface area contributed by atoms with E-state index < -0.39 is 18.9 Å². The summed E-state index contributed by atoms with van der Waals surface area (Å²) in [6.07, 6.45) is -4.12. The molecule has 1 atom stereocenters. The third-order valence-corrected chi connectivity index (χ3v) is 4.77. The highest BCUT2D eigenvalue weighted by atomic mass is 32.1. The molecule has 0 aliphatic carbocycles. The maximum absolute atomic E-state index is 12.4. The van der Waals surface area contributed by atoms with E-state index in [0.717, 1.165) is 12.8 Å². The van der Waals surface area contributed by atoms with Gasteiger partial charge in [0.2, 0.25) is 5.91 Å². The molecule has 9 heteroatoms. The first kappa shape index (κ1) is 18.6. The molecule has 2 amide bonds. The Balaban J connectivity index is 1.80. The zero-order valence-electron chi connectivity index (χ0n) is 13.2. The first-order valence-electron chi connectivity index (χ1n) is 7.65. The van der Waals surface area contributed by atoms with Crippen molar-refractivity contribution in [2.45, 2.75) is 38.4 Å². The standard InChI is InChI=1S/C15H19F3N2O3S/c1-2-11-10-5-8-24-12(10)4-7-20(11)13(21)3-6-19-14(22)23-9-15(16,17)18/h5,8,11H,2-4,6-7,9H2,1H3,(H,19,22). The maximum atomic E-state index is 12.4. The molecule has 0 fully saturated rings. The van der Waals surface area contributed by atoms with E-state index in [9.17, 15) is 22.8 Å². The third-order valence-electron chi connectivity index (χ3n) is 3.78. The summed E-state index contributed by atoms with van der Waals surface area (Å²) in [6, 6.07) is 2.05. The highest BCUT2D eigenvalue weighted by molar-refractivity contribution is 7.10. The Hall–Kier alpha value is -1.77. The largest absolute Gasteiger partial charge is 0.440 e. The molecule has 0 spiro atoms. The Kier molecular flexibility index (Phi) is 6.09. The second kappa shape index (κ2) is 7.87. The van der Waals surface area contributed by atoms with Crippen molar-refractivity contribution >= 4 is 23.3 Å². The number of ether oxygens (including phenoxy) is 1. The van der Waals surface area contributed by atoms with Gasteiger partial charge in [0.25, 0.3) is 0 Å². The van der Waals surface area contributed by atoms with Gasteiger partial charge in [0.1, 0.15) is 0 Å². The molecule has 0 saturated carbocycles. The zero-order valence-corrected chi connectivity index (χ0v) is 14.0. The molecule has 1 aromatic rings. The van der Waals surface area contributed by atoms with Gasteiger partial charge in [0.05, 0.1) is 6.04 Å². The van der Waals surface area contributed by atoms with Crippen molar-refractivity contribution in [1.29, 1.82) is 0 Å². The van der Waals surface area contributed by atoms with Crippen molar-refractivity contribution in [3.05, 3.63) is 21.9 Å². The quantitative estimate of drug-likeness (QED) is 0.872. The van der Waals surface area contributed by atoms with Crippen LogP contribution in [0.4, 0.5) is 18.0 Å². The molecule has 0 radical (unpaired) electrons. The Morgan fingerprint density at radius 2 is 2.21 bits per heavy atom. The molecule has 0 bridgehead atoms. The first-order chi connectivity index (χ1) is 11.3. The Labute approximate surface area is 141 Å². The van der Waals surface area contributed by atoms with Crippen LogP contribution >= 0.6 is 11.3 Å². The van der Waals surface area contributed by atoms with Gasteiger partial charge >= 0.3 is 12.3 Å². The SMILES string of the molecule is CCC1c2ccsc2CCN1C(=O)CCNC(=O)OCC(F)(F)F. The number of carbonyl (C=O) groups excluding carboxylic acids is 2. The number of carbonyl (C=O) groups is 2. The van der Waals surface area contributed by atoms with Crippen molar-refractivity contribution in [3.8, 4) is 0 Å². The summed E-state index contributed by atoms with van der Waals surface area (Å²) in [4.78, 5) is 26.6. The molecule has 1 aliphatic rings. The molecule has 2 heterocycles. The zero-order chi connectivity index (χ0) is 17.7. The number of hydrogen-bond donors (Lipinski definition) is 1. The summed E-state index contributed by atoms with van der Waals surface area (Å²) in [5, 5.41) is 4.18. The number of alkyl halides is 3. The van der Waals surface area contributed by atoms with Gasteiger partial charge in [-0.2, -0.15) is 13.2 Å². The van der Waals surface area contributed by atoms with Crippen molar-refractivity contribution in [2.75, 3.05) is 19.7 Å². The molecule has 2 rings (SSSR count). The number of fused-ring (bicyclic) bond motifs is 1. The summed E-state index contributed by atoms with van der Waals surface area (Å²) >= 11 is 1.68. The van der Waals surface area contributed by atoms with E-state index in [0.29, 0.717) is 6.54 Å². The van der Waals surface area contributed by atoms with Crippen LogP contribution in [-0.4, -0.2) is 42.8 Å². The molecule has 24 heavy (non-hydrogen) atoms. The molecule has 5 nitrogen and oxygen atoms in total. The number of rotatable bonds is 5. The molecular weight excluding hydrogens is 345 g/mol. The molecule has 1 aliphatic heterocycles. The third kappa shape index (κ3) is 4.86. The molecule has 134 valence electrons. The van der Waals surface area contributed by atoms with Crippen LogP contribution in [0.3, 0.4) is 0 Å². The normalized spacial score (nSPS) is 17.3. The van der Waals surface area contributed by atoms with Gasteiger partial charge in [-0.15, -0.1) is 11.3 Å². The lowest BCUT2D eigenvalue weighted by Crippen LogP contribution is -2.41. The van der Waals surface area contributed by atoms with E-state index in [1.165, 1.54) is 10.4 Å². The van der Waals surface area contributed by atoms with Crippen molar-refractivity contribution in [1.82, 2.24) is 10.2 Å². The number of amides is 2. The number of alkyl carbamates (subject to hydrolysis) is 1. The number of thiophene rings is 1. The predicted molar refractivity (Wildman–Crippen MR) is 82.8 cm³/mol. The molecule has 0 aromatic carbocycles. The second-order valence-electron chi connectivity index (χ2n) is 5.43. The van der Waals surface area contributed by atoms with Gasteiger partial charge < -0.3 is 15.0 Å². The molecule has 0 saturated heterocycles. The fourth-order valence-electron chi connectivity index (χ4n) is 2.75. The van der Waals surface area contributed by atoms with Gasteiger partial charge in [0.15, 0.2) is 6.61 Å². The fraction of sp³-hybridized carbons (Fsp3) is 0.600. The van der Waals surface area contributed by atoms with E-state index in [2.05, 4.69) is 10.1 Å². The Bertz CT molecular complexity index is 589. The van der Waals surface area contributed by atoms with E-state index in [-0.39, 0.29) is 24.9 Å². The highest BCUT2D eigenvalue weighted by Crippen LogP contribution is 2.35. The number of nitrogens with zero attached hydrogens (tertiary/aromatic N) is 1. The van der Waals surface area contributed by atoms with E-state index >= 15 is 0 Å². The number of nitrogens with one attached hydrogen (secondary N) is 1. The topological polar surface area (TPSA) is 58.6 Å². The highest BCUT2D eigenvalue weighted by Gasteiger charge is 2.31. The van der Waals surface area contributed by atoms with Crippen LogP contribution in [-0.2, 0) is 16.0 Å². The summed E-state index contributed by atoms with van der Waals surface area (Å²) in [6.45, 7) is 0.921. The Morgan fingerprint density at radius 1 is 1.46 bits per heavy atom. The summed E-state index contributed by atoms with van der Waals surface area (Å²) < 4.78 is 39.8. The average Bonchev–Trinajstić information content (AvgIpc) is 2.99. The molecule has 1 unspecified atom stereocenters. The van der Waals surface area contributed by atoms with Gasteiger partial charge in [-0.05, 0) is 29.9 Å². The minimum absolute atomic E-state index is 0.0182.